The molecule has 0 aromatic heterocycles. The predicted octanol–water partition coefficient (Wildman–Crippen LogP) is -0.257. The maximum absolute atomic E-state index is 11.0. The number of carbonyl (C=O) groups is 2. The second-order valence-electron chi connectivity index (χ2n) is 2.45. The predicted molar refractivity (Wildman–Crippen MR) is 40.4 cm³/mol. The van der Waals surface area contributed by atoms with Gasteiger partial charge in [0.25, 0.3) is 0 Å². The third-order valence-electron chi connectivity index (χ3n) is 1.59. The van der Waals surface area contributed by atoms with Gasteiger partial charge in [-0.15, -0.1) is 0 Å². The molecule has 4 nitrogen and oxygen atoms in total. The van der Waals surface area contributed by atoms with Gasteiger partial charge >= 0.3 is 5.97 Å². The molecule has 1 aliphatic rings. The average molecular weight is 168 g/mol. The standard InChI is InChI=1S/C8H8O4/c9-5-3-1-2-4-6(10)7(5)8(11)12/h1-5,7,9H,(H,11,12). The third kappa shape index (κ3) is 1.60. The average Bonchev–Trinajstić information content (AvgIpc) is 2.11. The lowest BCUT2D eigenvalue weighted by Crippen LogP contribution is -2.32. The van der Waals surface area contributed by atoms with E-state index < -0.39 is 23.8 Å². The molecule has 2 atom stereocenters. The van der Waals surface area contributed by atoms with E-state index in [4.69, 9.17) is 10.2 Å². The second-order valence-corrected chi connectivity index (χ2v) is 2.45. The molecule has 0 aromatic rings. The van der Waals surface area contributed by atoms with Gasteiger partial charge in [-0.3, -0.25) is 9.59 Å². The van der Waals surface area contributed by atoms with Crippen molar-refractivity contribution >= 4 is 11.8 Å². The van der Waals surface area contributed by atoms with Gasteiger partial charge in [0.15, 0.2) is 5.78 Å². The van der Waals surface area contributed by atoms with Crippen molar-refractivity contribution in [3.05, 3.63) is 24.3 Å². The number of carboxylic acid groups (broad SMARTS) is 1. The van der Waals surface area contributed by atoms with E-state index in [2.05, 4.69) is 0 Å². The maximum Gasteiger partial charge on any atom is 0.317 e. The van der Waals surface area contributed by atoms with Crippen molar-refractivity contribution in [1.29, 1.82) is 0 Å². The van der Waals surface area contributed by atoms with Crippen LogP contribution in [0.1, 0.15) is 0 Å². The summed E-state index contributed by atoms with van der Waals surface area (Å²) in [6, 6.07) is 0. The van der Waals surface area contributed by atoms with Gasteiger partial charge in [0.05, 0.1) is 6.10 Å². The lowest BCUT2D eigenvalue weighted by Gasteiger charge is -2.10. The number of hydrogen-bond donors (Lipinski definition) is 2. The summed E-state index contributed by atoms with van der Waals surface area (Å²) in [6.07, 6.45) is 4.05. The lowest BCUT2D eigenvalue weighted by atomic mass is 9.98. The first kappa shape index (κ1) is 8.67. The summed E-state index contributed by atoms with van der Waals surface area (Å²) in [4.78, 5) is 21.5. The van der Waals surface area contributed by atoms with Crippen molar-refractivity contribution in [3.8, 4) is 0 Å². The molecule has 1 aliphatic carbocycles. The van der Waals surface area contributed by atoms with Gasteiger partial charge in [-0.2, -0.15) is 0 Å². The maximum atomic E-state index is 11.0. The number of aliphatic hydroxyl groups excluding tert-OH is 1. The summed E-state index contributed by atoms with van der Waals surface area (Å²) >= 11 is 0. The van der Waals surface area contributed by atoms with E-state index in [0.717, 1.165) is 6.08 Å². The van der Waals surface area contributed by atoms with Crippen molar-refractivity contribution in [2.24, 2.45) is 5.92 Å². The van der Waals surface area contributed by atoms with Gasteiger partial charge in [-0.25, -0.2) is 0 Å². The van der Waals surface area contributed by atoms with Crippen molar-refractivity contribution in [3.63, 3.8) is 0 Å². The molecule has 0 aliphatic heterocycles. The molecule has 1 rings (SSSR count). The van der Waals surface area contributed by atoms with Crippen LogP contribution in [0.5, 0.6) is 0 Å². The fourth-order valence-electron chi connectivity index (χ4n) is 0.979. The normalized spacial score (nSPS) is 28.6. The number of rotatable bonds is 1. The molecule has 0 amide bonds. The van der Waals surface area contributed by atoms with Crippen LogP contribution in [-0.4, -0.2) is 28.1 Å². The van der Waals surface area contributed by atoms with Crippen molar-refractivity contribution < 1.29 is 19.8 Å². The minimum Gasteiger partial charge on any atom is -0.481 e. The van der Waals surface area contributed by atoms with Gasteiger partial charge < -0.3 is 10.2 Å². The Balaban J connectivity index is 2.93. The quantitative estimate of drug-likeness (QED) is 0.529. The number of aliphatic carboxylic acids is 1. The van der Waals surface area contributed by atoms with Crippen LogP contribution < -0.4 is 0 Å². The van der Waals surface area contributed by atoms with E-state index in [1.54, 1.807) is 0 Å². The molecular weight excluding hydrogens is 160 g/mol. The summed E-state index contributed by atoms with van der Waals surface area (Å²) < 4.78 is 0. The van der Waals surface area contributed by atoms with Crippen LogP contribution in [0.4, 0.5) is 0 Å². The summed E-state index contributed by atoms with van der Waals surface area (Å²) in [5.41, 5.74) is 0. The molecule has 0 saturated carbocycles. The number of aliphatic hydroxyl groups is 1. The number of allylic oxidation sites excluding steroid dienone is 3. The molecule has 2 N–H and O–H groups in total. The molecule has 12 heavy (non-hydrogen) atoms. The zero-order chi connectivity index (χ0) is 9.14. The van der Waals surface area contributed by atoms with Crippen LogP contribution in [0, 0.1) is 5.92 Å². The highest BCUT2D eigenvalue weighted by atomic mass is 16.4. The Morgan fingerprint density at radius 1 is 1.42 bits per heavy atom. The number of carboxylic acids is 1. The molecule has 0 fully saturated rings. The molecule has 4 heteroatoms. The van der Waals surface area contributed by atoms with E-state index in [1.165, 1.54) is 18.2 Å². The van der Waals surface area contributed by atoms with Crippen LogP contribution in [0.15, 0.2) is 24.3 Å². The van der Waals surface area contributed by atoms with Crippen LogP contribution in [-0.2, 0) is 9.59 Å². The molecule has 0 aromatic carbocycles. The Bertz CT molecular complexity index is 264. The summed E-state index contributed by atoms with van der Waals surface area (Å²) in [7, 11) is 0. The Morgan fingerprint density at radius 3 is 2.67 bits per heavy atom. The largest absolute Gasteiger partial charge is 0.481 e. The molecule has 0 bridgehead atoms. The van der Waals surface area contributed by atoms with Crippen LogP contribution in [0.2, 0.25) is 0 Å². The fraction of sp³-hybridized carbons (Fsp3) is 0.250. The minimum absolute atomic E-state index is 0.583. The SMILES string of the molecule is O=C(O)C1C(=O)C=CC=CC1O. The van der Waals surface area contributed by atoms with Crippen LogP contribution >= 0.6 is 0 Å². The molecule has 0 saturated heterocycles. The highest BCUT2D eigenvalue weighted by Crippen LogP contribution is 2.11. The van der Waals surface area contributed by atoms with Gasteiger partial charge in [0.2, 0.25) is 0 Å². The van der Waals surface area contributed by atoms with E-state index in [-0.39, 0.29) is 0 Å². The van der Waals surface area contributed by atoms with E-state index in [9.17, 15) is 9.59 Å². The third-order valence-corrected chi connectivity index (χ3v) is 1.59. The van der Waals surface area contributed by atoms with Crippen LogP contribution in [0.25, 0.3) is 0 Å². The summed E-state index contributed by atoms with van der Waals surface area (Å²) in [5, 5.41) is 17.7. The molecule has 64 valence electrons. The topological polar surface area (TPSA) is 74.6 Å². The van der Waals surface area contributed by atoms with Gasteiger partial charge in [0, 0.05) is 0 Å². The Hall–Kier alpha value is -1.42. The number of hydrogen-bond acceptors (Lipinski definition) is 3. The first-order valence-electron chi connectivity index (χ1n) is 3.42. The Morgan fingerprint density at radius 2 is 2.08 bits per heavy atom. The number of ketones is 1. The first-order valence-corrected chi connectivity index (χ1v) is 3.42. The summed E-state index contributed by atoms with van der Waals surface area (Å²) in [6.45, 7) is 0. The zero-order valence-corrected chi connectivity index (χ0v) is 6.18. The van der Waals surface area contributed by atoms with Crippen molar-refractivity contribution in [2.45, 2.75) is 6.10 Å². The van der Waals surface area contributed by atoms with Gasteiger partial charge in [-0.05, 0) is 6.08 Å². The van der Waals surface area contributed by atoms with E-state index in [1.807, 2.05) is 0 Å². The van der Waals surface area contributed by atoms with Crippen molar-refractivity contribution in [1.82, 2.24) is 0 Å². The smallest absolute Gasteiger partial charge is 0.317 e. The highest BCUT2D eigenvalue weighted by molar-refractivity contribution is 6.05. The first-order chi connectivity index (χ1) is 5.63. The van der Waals surface area contributed by atoms with Crippen molar-refractivity contribution in [2.75, 3.05) is 0 Å². The van der Waals surface area contributed by atoms with Gasteiger partial charge in [0.1, 0.15) is 5.92 Å². The van der Waals surface area contributed by atoms with Gasteiger partial charge in [-0.1, -0.05) is 18.2 Å². The minimum atomic E-state index is -1.36. The fourth-order valence-corrected chi connectivity index (χ4v) is 0.979. The van der Waals surface area contributed by atoms with Crippen LogP contribution in [0.3, 0.4) is 0 Å². The second kappa shape index (κ2) is 3.32. The molecule has 0 radical (unpaired) electrons. The monoisotopic (exact) mass is 168 g/mol. The molecule has 0 heterocycles. The van der Waals surface area contributed by atoms with E-state index in [0.29, 0.717) is 0 Å². The lowest BCUT2D eigenvalue weighted by molar-refractivity contribution is -0.148. The molecule has 0 spiro atoms. The Kier molecular flexibility index (Phi) is 2.40. The number of carbonyl (C=O) groups excluding carboxylic acids is 1. The molecular formula is C8H8O4. The highest BCUT2D eigenvalue weighted by Gasteiger charge is 2.31. The Labute approximate surface area is 68.8 Å². The zero-order valence-electron chi connectivity index (χ0n) is 6.18. The summed E-state index contributed by atoms with van der Waals surface area (Å²) in [5.74, 6) is -3.25. The molecule has 2 unspecified atom stereocenters. The van der Waals surface area contributed by atoms with E-state index >= 15 is 0 Å².